The van der Waals surface area contributed by atoms with E-state index >= 15 is 0 Å². The lowest BCUT2D eigenvalue weighted by Gasteiger charge is -1.72. The van der Waals surface area contributed by atoms with Gasteiger partial charge in [-0.25, -0.2) is 0 Å². The molecule has 0 aliphatic heterocycles. The third-order valence-electron chi connectivity index (χ3n) is 0.104. The molecule has 0 bridgehead atoms. The van der Waals surface area contributed by atoms with Crippen LogP contribution in [0, 0.1) is 0 Å². The summed E-state index contributed by atoms with van der Waals surface area (Å²) >= 11 is 4.12. The molecule has 0 radical (unpaired) electrons. The number of rotatable bonds is 0. The van der Waals surface area contributed by atoms with Crippen LogP contribution in [-0.2, 0) is 0 Å². The molecule has 0 saturated carbocycles. The molecule has 1 nitrogen and oxygen atoms in total. The van der Waals surface area contributed by atoms with Crippen LogP contribution in [0.2, 0.25) is 0 Å². The Morgan fingerprint density at radius 3 is 2.00 bits per heavy atom. The van der Waals surface area contributed by atoms with E-state index in [9.17, 15) is 0 Å². The first-order valence-electron chi connectivity index (χ1n) is 0.985. The molecule has 0 rings (SSSR count). The normalized spacial score (nSPS) is 12.0. The van der Waals surface area contributed by atoms with Gasteiger partial charge in [0.2, 0.25) is 0 Å². The number of hydrogen-bond donors (Lipinski definition) is 1. The van der Waals surface area contributed by atoms with Gasteiger partial charge in [0.15, 0.2) is 0 Å². The van der Waals surface area contributed by atoms with E-state index in [2.05, 4.69) is 22.6 Å². The largest absolute Gasteiger partial charge is 0.393 e. The van der Waals surface area contributed by atoms with Gasteiger partial charge in [0, 0.05) is 4.08 Å². The summed E-state index contributed by atoms with van der Waals surface area (Å²) in [6, 6.07) is 0. The average molecular weight is 295 g/mol. The van der Waals surface area contributed by atoms with E-state index in [1.807, 2.05) is 26.7 Å². The second-order valence-corrected chi connectivity index (χ2v) is 2.36. The van der Waals surface area contributed by atoms with Crippen LogP contribution in [-0.4, -0.2) is 0 Å². The van der Waals surface area contributed by atoms with Gasteiger partial charge in [-0.2, -0.15) is 0 Å². The second-order valence-electron chi connectivity index (χ2n) is 0.494. The SMILES string of the molecule is N/C(I)=C/I. The molecule has 30 valence electrons. The molecular formula is C2H3I2N. The summed E-state index contributed by atoms with van der Waals surface area (Å²) in [6.45, 7) is 0. The maximum absolute atomic E-state index is 5.13. The lowest BCUT2D eigenvalue weighted by Crippen LogP contribution is -1.80. The summed E-state index contributed by atoms with van der Waals surface area (Å²) in [5, 5.41) is 0. The Morgan fingerprint density at radius 1 is 1.80 bits per heavy atom. The van der Waals surface area contributed by atoms with Gasteiger partial charge < -0.3 is 5.73 Å². The van der Waals surface area contributed by atoms with Crippen molar-refractivity contribution in [2.45, 2.75) is 0 Å². The van der Waals surface area contributed by atoms with Crippen molar-refractivity contribution in [1.29, 1.82) is 0 Å². The van der Waals surface area contributed by atoms with E-state index in [1.165, 1.54) is 0 Å². The van der Waals surface area contributed by atoms with Crippen LogP contribution in [0.5, 0.6) is 0 Å². The highest BCUT2D eigenvalue weighted by atomic mass is 127. The fourth-order valence-electron chi connectivity index (χ4n) is 0. The minimum absolute atomic E-state index is 0.836. The van der Waals surface area contributed by atoms with Crippen LogP contribution < -0.4 is 5.73 Å². The van der Waals surface area contributed by atoms with Crippen LogP contribution in [0.15, 0.2) is 7.79 Å². The minimum Gasteiger partial charge on any atom is -0.393 e. The van der Waals surface area contributed by atoms with Gasteiger partial charge in [0.05, 0.1) is 3.70 Å². The Kier molecular flexibility index (Phi) is 3.84. The highest BCUT2D eigenvalue weighted by Crippen LogP contribution is 1.97. The molecule has 0 saturated heterocycles. The summed E-state index contributed by atoms with van der Waals surface area (Å²) in [6.07, 6.45) is 0. The Morgan fingerprint density at radius 2 is 2.00 bits per heavy atom. The molecule has 0 atom stereocenters. The number of nitrogens with two attached hydrogens (primary N) is 1. The lowest BCUT2D eigenvalue weighted by atomic mass is 11.1. The van der Waals surface area contributed by atoms with Gasteiger partial charge >= 0.3 is 0 Å². The molecule has 0 amide bonds. The first-order chi connectivity index (χ1) is 2.27. The van der Waals surface area contributed by atoms with Gasteiger partial charge in [-0.1, -0.05) is 22.6 Å². The first-order valence-corrected chi connectivity index (χ1v) is 3.31. The standard InChI is InChI=1S/C2H3I2N/c3-1-2(4)5/h1H,5H2/b2-1+. The smallest absolute Gasteiger partial charge is 0.0767 e. The van der Waals surface area contributed by atoms with Crippen molar-refractivity contribution < 1.29 is 0 Å². The summed E-state index contributed by atoms with van der Waals surface area (Å²) in [7, 11) is 0. The number of hydrogen-bond acceptors (Lipinski definition) is 1. The third-order valence-corrected chi connectivity index (χ3v) is 2.28. The lowest BCUT2D eigenvalue weighted by molar-refractivity contribution is 1.61. The van der Waals surface area contributed by atoms with Crippen molar-refractivity contribution in [3.8, 4) is 0 Å². The van der Waals surface area contributed by atoms with E-state index in [0.717, 1.165) is 3.70 Å². The van der Waals surface area contributed by atoms with Crippen molar-refractivity contribution in [2.75, 3.05) is 0 Å². The fraction of sp³-hybridized carbons (Fsp3) is 0. The Labute approximate surface area is 58.3 Å². The molecule has 0 unspecified atom stereocenters. The zero-order valence-electron chi connectivity index (χ0n) is 2.41. The topological polar surface area (TPSA) is 26.0 Å². The first kappa shape index (κ1) is 6.00. The van der Waals surface area contributed by atoms with Gasteiger partial charge in [0.25, 0.3) is 0 Å². The summed E-state index contributed by atoms with van der Waals surface area (Å²) < 4.78 is 2.65. The predicted molar refractivity (Wildman–Crippen MR) is 40.3 cm³/mol. The molecule has 2 N–H and O–H groups in total. The second kappa shape index (κ2) is 3.20. The molecular weight excluding hydrogens is 292 g/mol. The molecule has 0 heterocycles. The van der Waals surface area contributed by atoms with E-state index in [4.69, 9.17) is 5.73 Å². The van der Waals surface area contributed by atoms with Crippen LogP contribution in [0.25, 0.3) is 0 Å². The van der Waals surface area contributed by atoms with Crippen LogP contribution in [0.4, 0.5) is 0 Å². The maximum atomic E-state index is 5.13. The molecule has 0 aromatic heterocycles. The van der Waals surface area contributed by atoms with E-state index in [-0.39, 0.29) is 0 Å². The molecule has 0 fully saturated rings. The number of halogens is 2. The van der Waals surface area contributed by atoms with Gasteiger partial charge in [-0.15, -0.1) is 0 Å². The minimum atomic E-state index is 0.836. The molecule has 5 heavy (non-hydrogen) atoms. The van der Waals surface area contributed by atoms with E-state index in [0.29, 0.717) is 0 Å². The fourth-order valence-corrected chi connectivity index (χ4v) is 0. The summed E-state index contributed by atoms with van der Waals surface area (Å²) in [4.78, 5) is 0. The summed E-state index contributed by atoms with van der Waals surface area (Å²) in [5.74, 6) is 0. The quantitative estimate of drug-likeness (QED) is 0.533. The molecule has 0 aliphatic carbocycles. The van der Waals surface area contributed by atoms with Crippen molar-refractivity contribution in [3.63, 3.8) is 0 Å². The Balaban J connectivity index is 3.14. The zero-order chi connectivity index (χ0) is 4.28. The summed E-state index contributed by atoms with van der Waals surface area (Å²) in [5.41, 5.74) is 5.13. The Hall–Kier alpha value is 1.00. The molecule has 0 aromatic rings. The van der Waals surface area contributed by atoms with Crippen molar-refractivity contribution in [1.82, 2.24) is 0 Å². The van der Waals surface area contributed by atoms with Crippen molar-refractivity contribution in [2.24, 2.45) is 5.73 Å². The van der Waals surface area contributed by atoms with Gasteiger partial charge in [-0.3, -0.25) is 0 Å². The molecule has 3 heteroatoms. The maximum Gasteiger partial charge on any atom is 0.0767 e. The predicted octanol–water partition coefficient (Wildman–Crippen LogP) is 1.61. The average Bonchev–Trinajstić information content (AvgIpc) is 1.38. The van der Waals surface area contributed by atoms with E-state index < -0.39 is 0 Å². The van der Waals surface area contributed by atoms with Gasteiger partial charge in [0.1, 0.15) is 0 Å². The van der Waals surface area contributed by atoms with Crippen molar-refractivity contribution >= 4 is 45.2 Å². The van der Waals surface area contributed by atoms with Crippen LogP contribution in [0.1, 0.15) is 0 Å². The zero-order valence-corrected chi connectivity index (χ0v) is 6.73. The highest BCUT2D eigenvalue weighted by Gasteiger charge is 1.65. The molecule has 0 aliphatic rings. The highest BCUT2D eigenvalue weighted by molar-refractivity contribution is 14.1. The van der Waals surface area contributed by atoms with Crippen LogP contribution >= 0.6 is 45.2 Å². The third kappa shape index (κ3) is 5.00. The monoisotopic (exact) mass is 295 g/mol. The van der Waals surface area contributed by atoms with E-state index in [1.54, 1.807) is 0 Å². The molecule has 0 aromatic carbocycles. The van der Waals surface area contributed by atoms with Gasteiger partial charge in [-0.05, 0) is 22.6 Å². The van der Waals surface area contributed by atoms with Crippen molar-refractivity contribution in [3.05, 3.63) is 7.79 Å². The Bertz CT molecular complexity index is 45.6. The molecule has 0 spiro atoms. The van der Waals surface area contributed by atoms with Crippen LogP contribution in [0.3, 0.4) is 0 Å².